The van der Waals surface area contributed by atoms with Crippen molar-refractivity contribution in [1.82, 2.24) is 4.57 Å². The van der Waals surface area contributed by atoms with Gasteiger partial charge in [0.05, 0.1) is 5.52 Å². The average Bonchev–Trinajstić information content (AvgIpc) is 2.98. The minimum absolute atomic E-state index is 0.0355. The van der Waals surface area contributed by atoms with Gasteiger partial charge in [-0.15, -0.1) is 10.2 Å². The molecule has 0 saturated heterocycles. The number of carbonyl (C=O) groups is 1. The first-order valence-electron chi connectivity index (χ1n) is 10.1. The molecular formula is C23H28N4O2. The van der Waals surface area contributed by atoms with Crippen molar-refractivity contribution in [1.29, 1.82) is 0 Å². The summed E-state index contributed by atoms with van der Waals surface area (Å²) in [6.07, 6.45) is 0. The summed E-state index contributed by atoms with van der Waals surface area (Å²) in [6, 6.07) is 15.0. The van der Waals surface area contributed by atoms with Crippen molar-refractivity contribution < 1.29 is 9.90 Å². The highest BCUT2D eigenvalue weighted by Crippen LogP contribution is 2.39. The van der Waals surface area contributed by atoms with Crippen molar-refractivity contribution in [2.75, 3.05) is 18.0 Å². The average molecular weight is 393 g/mol. The molecule has 0 saturated carbocycles. The molecule has 0 aliphatic heterocycles. The fourth-order valence-corrected chi connectivity index (χ4v) is 3.48. The van der Waals surface area contributed by atoms with Crippen molar-refractivity contribution in [3.63, 3.8) is 0 Å². The standard InChI is InChI=1S/C23H28N4O2/c1-5-26(6-2)18-13-11-17(12-14-18)22(28)25-24-21-19-9-7-8-10-20(19)27(23(21)29)15-16(3)4/h7-14,16,29H,5-6,15H2,1-4H3. The van der Waals surface area contributed by atoms with Gasteiger partial charge in [0.1, 0.15) is 0 Å². The van der Waals surface area contributed by atoms with E-state index in [0.29, 0.717) is 23.7 Å². The first kappa shape index (κ1) is 20.6. The maximum absolute atomic E-state index is 12.5. The Labute approximate surface area is 171 Å². The molecule has 29 heavy (non-hydrogen) atoms. The molecule has 0 atom stereocenters. The van der Waals surface area contributed by atoms with Crippen LogP contribution in [0.2, 0.25) is 0 Å². The smallest absolute Gasteiger partial charge is 0.295 e. The Hall–Kier alpha value is -3.15. The molecule has 0 spiro atoms. The normalized spacial score (nSPS) is 11.6. The van der Waals surface area contributed by atoms with Gasteiger partial charge < -0.3 is 14.6 Å². The lowest BCUT2D eigenvalue weighted by molar-refractivity contribution is 0.0995. The lowest BCUT2D eigenvalue weighted by atomic mass is 10.2. The zero-order valence-corrected chi connectivity index (χ0v) is 17.5. The van der Waals surface area contributed by atoms with E-state index in [9.17, 15) is 9.90 Å². The molecule has 0 aliphatic rings. The highest BCUT2D eigenvalue weighted by Gasteiger charge is 2.17. The van der Waals surface area contributed by atoms with Crippen LogP contribution in [0.4, 0.5) is 11.4 Å². The molecular weight excluding hydrogens is 364 g/mol. The number of carbonyl (C=O) groups excluding carboxylic acids is 1. The second-order valence-electron chi connectivity index (χ2n) is 7.42. The summed E-state index contributed by atoms with van der Waals surface area (Å²) in [7, 11) is 0. The van der Waals surface area contributed by atoms with Crippen molar-refractivity contribution in [2.24, 2.45) is 16.1 Å². The first-order valence-corrected chi connectivity index (χ1v) is 10.1. The molecule has 1 aromatic heterocycles. The molecule has 1 N–H and O–H groups in total. The van der Waals surface area contributed by atoms with Crippen molar-refractivity contribution in [3.8, 4) is 5.88 Å². The van der Waals surface area contributed by atoms with Crippen LogP contribution in [0.15, 0.2) is 58.8 Å². The Kier molecular flexibility index (Phi) is 6.32. The number of para-hydroxylation sites is 1. The van der Waals surface area contributed by atoms with Crippen molar-refractivity contribution in [3.05, 3.63) is 54.1 Å². The van der Waals surface area contributed by atoms with Crippen molar-refractivity contribution in [2.45, 2.75) is 34.2 Å². The van der Waals surface area contributed by atoms with Gasteiger partial charge in [-0.3, -0.25) is 4.79 Å². The van der Waals surface area contributed by atoms with E-state index in [1.165, 1.54) is 0 Å². The number of anilines is 1. The third-order valence-electron chi connectivity index (χ3n) is 4.95. The Morgan fingerprint density at radius 3 is 2.34 bits per heavy atom. The molecule has 6 nitrogen and oxygen atoms in total. The van der Waals surface area contributed by atoms with Crippen LogP contribution >= 0.6 is 0 Å². The predicted octanol–water partition coefficient (Wildman–Crippen LogP) is 5.77. The molecule has 0 aliphatic carbocycles. The molecule has 0 radical (unpaired) electrons. The summed E-state index contributed by atoms with van der Waals surface area (Å²) >= 11 is 0. The van der Waals surface area contributed by atoms with E-state index >= 15 is 0 Å². The van der Waals surface area contributed by atoms with Crippen LogP contribution in [-0.2, 0) is 6.54 Å². The zero-order valence-electron chi connectivity index (χ0n) is 17.5. The van der Waals surface area contributed by atoms with Gasteiger partial charge >= 0.3 is 0 Å². The van der Waals surface area contributed by atoms with Crippen LogP contribution in [0.1, 0.15) is 38.1 Å². The SMILES string of the molecule is CCN(CC)c1ccc(C(=O)N=Nc2c(O)n(CC(C)C)c3ccccc23)cc1. The van der Waals surface area contributed by atoms with E-state index in [1.807, 2.05) is 41.0 Å². The Morgan fingerprint density at radius 1 is 1.07 bits per heavy atom. The van der Waals surface area contributed by atoms with E-state index < -0.39 is 5.91 Å². The number of hydrogen-bond acceptors (Lipinski definition) is 4. The quantitative estimate of drug-likeness (QED) is 0.519. The van der Waals surface area contributed by atoms with Gasteiger partial charge in [-0.2, -0.15) is 0 Å². The fourth-order valence-electron chi connectivity index (χ4n) is 3.48. The van der Waals surface area contributed by atoms with Crippen LogP contribution in [-0.4, -0.2) is 28.7 Å². The monoisotopic (exact) mass is 392 g/mol. The summed E-state index contributed by atoms with van der Waals surface area (Å²) in [5, 5.41) is 19.5. The minimum Gasteiger partial charge on any atom is -0.493 e. The van der Waals surface area contributed by atoms with Gasteiger partial charge in [0.15, 0.2) is 5.69 Å². The van der Waals surface area contributed by atoms with E-state index in [0.717, 1.165) is 29.7 Å². The Balaban J connectivity index is 1.89. The van der Waals surface area contributed by atoms with E-state index in [-0.39, 0.29) is 5.88 Å². The van der Waals surface area contributed by atoms with Crippen LogP contribution < -0.4 is 4.90 Å². The molecule has 0 fully saturated rings. The van der Waals surface area contributed by atoms with Crippen molar-refractivity contribution >= 4 is 28.2 Å². The highest BCUT2D eigenvalue weighted by molar-refractivity contribution is 5.97. The van der Waals surface area contributed by atoms with Crippen LogP contribution in [0.5, 0.6) is 5.88 Å². The second kappa shape index (κ2) is 8.90. The number of azo groups is 1. The number of aromatic hydroxyl groups is 1. The van der Waals surface area contributed by atoms with Gasteiger partial charge in [0.2, 0.25) is 5.88 Å². The number of amides is 1. The van der Waals surface area contributed by atoms with E-state index in [4.69, 9.17) is 0 Å². The summed E-state index contributed by atoms with van der Waals surface area (Å²) < 4.78 is 1.82. The van der Waals surface area contributed by atoms with Gasteiger partial charge in [-0.05, 0) is 50.1 Å². The maximum Gasteiger partial charge on any atom is 0.295 e. The number of fused-ring (bicyclic) bond motifs is 1. The Morgan fingerprint density at radius 2 is 1.72 bits per heavy atom. The van der Waals surface area contributed by atoms with E-state index in [2.05, 4.69) is 42.8 Å². The lowest BCUT2D eigenvalue weighted by Crippen LogP contribution is -2.21. The molecule has 6 heteroatoms. The third kappa shape index (κ3) is 4.31. The summed E-state index contributed by atoms with van der Waals surface area (Å²) in [4.78, 5) is 14.7. The van der Waals surface area contributed by atoms with Gasteiger partial charge in [-0.1, -0.05) is 32.0 Å². The number of aromatic nitrogens is 1. The molecule has 1 amide bonds. The number of hydrogen-bond donors (Lipinski definition) is 1. The third-order valence-corrected chi connectivity index (χ3v) is 4.95. The first-order chi connectivity index (χ1) is 14.0. The summed E-state index contributed by atoms with van der Waals surface area (Å²) in [5.74, 6) is -0.0445. The largest absolute Gasteiger partial charge is 0.493 e. The number of nitrogens with zero attached hydrogens (tertiary/aromatic N) is 4. The summed E-state index contributed by atoms with van der Waals surface area (Å²) in [6.45, 7) is 10.8. The van der Waals surface area contributed by atoms with E-state index in [1.54, 1.807) is 12.1 Å². The summed E-state index contributed by atoms with van der Waals surface area (Å²) in [5.41, 5.74) is 2.74. The number of rotatable bonds is 7. The molecule has 1 heterocycles. The zero-order chi connectivity index (χ0) is 21.0. The number of benzene rings is 2. The Bertz CT molecular complexity index is 1020. The van der Waals surface area contributed by atoms with Crippen LogP contribution in [0, 0.1) is 5.92 Å². The second-order valence-corrected chi connectivity index (χ2v) is 7.42. The maximum atomic E-state index is 12.5. The molecule has 2 aromatic carbocycles. The van der Waals surface area contributed by atoms with Gasteiger partial charge in [-0.25, -0.2) is 0 Å². The predicted molar refractivity (Wildman–Crippen MR) is 117 cm³/mol. The van der Waals surface area contributed by atoms with Gasteiger partial charge in [0.25, 0.3) is 5.91 Å². The fraction of sp³-hybridized carbons (Fsp3) is 0.348. The van der Waals surface area contributed by atoms with Crippen LogP contribution in [0.25, 0.3) is 10.9 Å². The van der Waals surface area contributed by atoms with Gasteiger partial charge in [0, 0.05) is 36.3 Å². The molecule has 152 valence electrons. The highest BCUT2D eigenvalue weighted by atomic mass is 16.3. The molecule has 3 aromatic rings. The molecule has 0 bridgehead atoms. The molecule has 3 rings (SSSR count). The van der Waals surface area contributed by atoms with Crippen LogP contribution in [0.3, 0.4) is 0 Å². The molecule has 0 unspecified atom stereocenters. The lowest BCUT2D eigenvalue weighted by Gasteiger charge is -2.20. The minimum atomic E-state index is -0.434. The topological polar surface area (TPSA) is 70.2 Å².